The smallest absolute Gasteiger partial charge is 0.272 e. The maximum absolute atomic E-state index is 11.9. The lowest BCUT2D eigenvalue weighted by Gasteiger charge is -1.97. The zero-order chi connectivity index (χ0) is 13.4. The summed E-state index contributed by atoms with van der Waals surface area (Å²) in [7, 11) is 0. The molecule has 0 fully saturated rings. The van der Waals surface area contributed by atoms with Crippen LogP contribution in [0.2, 0.25) is 5.02 Å². The highest BCUT2D eigenvalue weighted by Gasteiger charge is 2.07. The van der Waals surface area contributed by atoms with Gasteiger partial charge >= 0.3 is 0 Å². The zero-order valence-electron chi connectivity index (χ0n) is 9.93. The van der Waals surface area contributed by atoms with Gasteiger partial charge in [-0.2, -0.15) is 0 Å². The average Bonchev–Trinajstić information content (AvgIpc) is 2.83. The molecule has 3 rings (SSSR count). The predicted molar refractivity (Wildman–Crippen MR) is 74.2 cm³/mol. The number of hydrogen-bond acceptors (Lipinski definition) is 3. The van der Waals surface area contributed by atoms with Crippen molar-refractivity contribution in [1.82, 2.24) is 14.6 Å². The molecule has 2 heterocycles. The van der Waals surface area contributed by atoms with Crippen LogP contribution in [0.3, 0.4) is 0 Å². The first-order valence-electron chi connectivity index (χ1n) is 5.75. The summed E-state index contributed by atoms with van der Waals surface area (Å²) in [6, 6.07) is 10.6. The molecule has 0 aliphatic rings. The van der Waals surface area contributed by atoms with Crippen LogP contribution in [-0.2, 0) is 6.54 Å². The highest BCUT2D eigenvalue weighted by molar-refractivity contribution is 6.30. The molecule has 0 spiro atoms. The molecule has 0 radical (unpaired) electrons. The quantitative estimate of drug-likeness (QED) is 0.748. The van der Waals surface area contributed by atoms with E-state index in [1.54, 1.807) is 12.1 Å². The van der Waals surface area contributed by atoms with Gasteiger partial charge in [0.1, 0.15) is 0 Å². The monoisotopic (exact) mass is 274 g/mol. The Labute approximate surface area is 113 Å². The second-order valence-electron chi connectivity index (χ2n) is 4.16. The fourth-order valence-corrected chi connectivity index (χ4v) is 2.14. The Morgan fingerprint density at radius 2 is 2.16 bits per heavy atom. The molecule has 96 valence electrons. The van der Waals surface area contributed by atoms with Crippen LogP contribution < -0.4 is 11.3 Å². The van der Waals surface area contributed by atoms with Crippen molar-refractivity contribution in [1.29, 1.82) is 0 Å². The van der Waals surface area contributed by atoms with Gasteiger partial charge in [-0.25, -0.2) is 9.50 Å². The lowest BCUT2D eigenvalue weighted by atomic mass is 10.1. The van der Waals surface area contributed by atoms with Gasteiger partial charge < -0.3 is 5.73 Å². The molecule has 5 nitrogen and oxygen atoms in total. The Bertz CT molecular complexity index is 806. The van der Waals surface area contributed by atoms with Gasteiger partial charge in [-0.3, -0.25) is 9.89 Å². The first kappa shape index (κ1) is 12.0. The number of aromatic amines is 1. The van der Waals surface area contributed by atoms with Crippen molar-refractivity contribution >= 4 is 17.2 Å². The number of fused-ring (bicyclic) bond motifs is 1. The summed E-state index contributed by atoms with van der Waals surface area (Å²) >= 11 is 5.96. The minimum atomic E-state index is -0.182. The number of nitrogens with one attached hydrogen (secondary N) is 1. The fourth-order valence-electron chi connectivity index (χ4n) is 1.95. The topological polar surface area (TPSA) is 76.2 Å². The summed E-state index contributed by atoms with van der Waals surface area (Å²) in [5.74, 6) is 0. The van der Waals surface area contributed by atoms with Crippen molar-refractivity contribution in [2.45, 2.75) is 6.54 Å². The molecule has 6 heteroatoms. The Morgan fingerprint density at radius 3 is 2.89 bits per heavy atom. The second-order valence-corrected chi connectivity index (χ2v) is 4.60. The van der Waals surface area contributed by atoms with E-state index in [4.69, 9.17) is 17.3 Å². The second kappa shape index (κ2) is 4.53. The number of nitrogens with zero attached hydrogens (tertiary/aromatic N) is 2. The highest BCUT2D eigenvalue weighted by Crippen LogP contribution is 2.21. The van der Waals surface area contributed by atoms with Crippen molar-refractivity contribution in [3.63, 3.8) is 0 Å². The summed E-state index contributed by atoms with van der Waals surface area (Å²) in [6.07, 6.45) is 0. The van der Waals surface area contributed by atoms with Gasteiger partial charge in [0.05, 0.1) is 11.4 Å². The molecule has 3 N–H and O–H groups in total. The van der Waals surface area contributed by atoms with E-state index in [1.807, 2.05) is 18.2 Å². The summed E-state index contributed by atoms with van der Waals surface area (Å²) in [5.41, 5.74) is 8.12. The van der Waals surface area contributed by atoms with Crippen LogP contribution in [0.1, 0.15) is 5.69 Å². The van der Waals surface area contributed by atoms with E-state index in [0.29, 0.717) is 16.4 Å². The maximum atomic E-state index is 11.9. The molecule has 0 bridgehead atoms. The van der Waals surface area contributed by atoms with Gasteiger partial charge in [0.2, 0.25) is 0 Å². The molecule has 0 atom stereocenters. The van der Waals surface area contributed by atoms with Gasteiger partial charge in [0.25, 0.3) is 5.56 Å². The van der Waals surface area contributed by atoms with Crippen LogP contribution in [0, 0.1) is 0 Å². The van der Waals surface area contributed by atoms with Gasteiger partial charge in [0, 0.05) is 29.3 Å². The standard InChI is InChI=1S/C13H11ClN4O/c14-9-3-1-2-8(4-9)11-6-12-16-10(7-15)5-13(19)18(12)17-11/h1-6,17H,7,15H2. The van der Waals surface area contributed by atoms with Gasteiger partial charge in [0.15, 0.2) is 5.65 Å². The van der Waals surface area contributed by atoms with Crippen molar-refractivity contribution in [3.05, 3.63) is 57.5 Å². The number of halogens is 1. The van der Waals surface area contributed by atoms with Crippen molar-refractivity contribution in [2.75, 3.05) is 0 Å². The van der Waals surface area contributed by atoms with Crippen molar-refractivity contribution < 1.29 is 0 Å². The molecular formula is C13H11ClN4O. The molecule has 0 saturated carbocycles. The van der Waals surface area contributed by atoms with Gasteiger partial charge in [-0.1, -0.05) is 23.7 Å². The lowest BCUT2D eigenvalue weighted by Crippen LogP contribution is -2.16. The number of hydrogen-bond donors (Lipinski definition) is 2. The Hall–Kier alpha value is -2.11. The molecular weight excluding hydrogens is 264 g/mol. The third-order valence-electron chi connectivity index (χ3n) is 2.85. The van der Waals surface area contributed by atoms with Crippen LogP contribution in [0.4, 0.5) is 0 Å². The van der Waals surface area contributed by atoms with Crippen LogP contribution >= 0.6 is 11.6 Å². The van der Waals surface area contributed by atoms with Crippen molar-refractivity contribution in [2.24, 2.45) is 5.73 Å². The summed E-state index contributed by atoms with van der Waals surface area (Å²) < 4.78 is 1.38. The fraction of sp³-hybridized carbons (Fsp3) is 0.0769. The third kappa shape index (κ3) is 2.14. The lowest BCUT2D eigenvalue weighted by molar-refractivity contribution is 0.872. The van der Waals surface area contributed by atoms with E-state index in [2.05, 4.69) is 10.1 Å². The van der Waals surface area contributed by atoms with Crippen LogP contribution in [0.25, 0.3) is 16.9 Å². The minimum absolute atomic E-state index is 0.182. The molecule has 0 unspecified atom stereocenters. The molecule has 2 aromatic heterocycles. The molecule has 0 aliphatic carbocycles. The molecule has 19 heavy (non-hydrogen) atoms. The number of rotatable bonds is 2. The Balaban J connectivity index is 2.22. The average molecular weight is 275 g/mol. The predicted octanol–water partition coefficient (Wildman–Crippen LogP) is 1.80. The highest BCUT2D eigenvalue weighted by atomic mass is 35.5. The third-order valence-corrected chi connectivity index (χ3v) is 3.08. The van der Waals surface area contributed by atoms with Crippen molar-refractivity contribution in [3.8, 4) is 11.3 Å². The summed E-state index contributed by atoms with van der Waals surface area (Å²) in [5, 5.41) is 3.64. The SMILES string of the molecule is NCc1cc(=O)n2[nH]c(-c3cccc(Cl)c3)cc2n1. The summed E-state index contributed by atoms with van der Waals surface area (Å²) in [4.78, 5) is 16.2. The number of aromatic nitrogens is 3. The first-order chi connectivity index (χ1) is 9.17. The first-order valence-corrected chi connectivity index (χ1v) is 6.13. The normalized spacial score (nSPS) is 11.1. The number of nitrogens with two attached hydrogens (primary N) is 1. The van der Waals surface area contributed by atoms with E-state index in [-0.39, 0.29) is 12.1 Å². The van der Waals surface area contributed by atoms with Crippen LogP contribution in [0.5, 0.6) is 0 Å². The Morgan fingerprint density at radius 1 is 1.32 bits per heavy atom. The molecule has 1 aromatic carbocycles. The van der Waals surface area contributed by atoms with Crippen LogP contribution in [0.15, 0.2) is 41.2 Å². The molecule has 0 saturated heterocycles. The van der Waals surface area contributed by atoms with E-state index < -0.39 is 0 Å². The maximum Gasteiger partial charge on any atom is 0.272 e. The minimum Gasteiger partial charge on any atom is -0.325 e. The largest absolute Gasteiger partial charge is 0.325 e. The van der Waals surface area contributed by atoms with Gasteiger partial charge in [-0.05, 0) is 12.1 Å². The summed E-state index contributed by atoms with van der Waals surface area (Å²) in [6.45, 7) is 0.240. The zero-order valence-corrected chi connectivity index (χ0v) is 10.7. The Kier molecular flexibility index (Phi) is 2.85. The number of benzene rings is 1. The molecule has 3 aromatic rings. The van der Waals surface area contributed by atoms with Gasteiger partial charge in [-0.15, -0.1) is 0 Å². The molecule has 0 amide bonds. The van der Waals surface area contributed by atoms with E-state index in [0.717, 1.165) is 11.3 Å². The van der Waals surface area contributed by atoms with E-state index >= 15 is 0 Å². The van der Waals surface area contributed by atoms with E-state index in [1.165, 1.54) is 10.6 Å². The van der Waals surface area contributed by atoms with E-state index in [9.17, 15) is 4.79 Å². The molecule has 0 aliphatic heterocycles. The number of H-pyrrole nitrogens is 1. The van der Waals surface area contributed by atoms with Crippen LogP contribution in [-0.4, -0.2) is 14.6 Å².